The van der Waals surface area contributed by atoms with Gasteiger partial charge in [-0.25, -0.2) is 8.42 Å². The van der Waals surface area contributed by atoms with Crippen molar-refractivity contribution in [3.63, 3.8) is 0 Å². The topological polar surface area (TPSA) is 75.6 Å². The van der Waals surface area contributed by atoms with Crippen LogP contribution < -0.4 is 9.46 Å². The monoisotopic (exact) mass is 313 g/mol. The molecule has 0 aromatic heterocycles. The van der Waals surface area contributed by atoms with Gasteiger partial charge in [-0.3, -0.25) is 4.72 Å². The summed E-state index contributed by atoms with van der Waals surface area (Å²) in [6.45, 7) is 0. The van der Waals surface area contributed by atoms with Gasteiger partial charge < -0.3 is 9.84 Å². The van der Waals surface area contributed by atoms with Gasteiger partial charge in [0.05, 0.1) is 17.7 Å². The number of phenolic OH excluding ortho intramolecular Hbond substituents is 1. The van der Waals surface area contributed by atoms with Gasteiger partial charge in [-0.2, -0.15) is 0 Å². The molecule has 2 rings (SSSR count). The van der Waals surface area contributed by atoms with Crippen LogP contribution in [0, 0.1) is 0 Å². The average Bonchev–Trinajstić information content (AvgIpc) is 2.38. The third kappa shape index (κ3) is 3.15. The van der Waals surface area contributed by atoms with Crippen LogP contribution in [0.1, 0.15) is 0 Å². The first kappa shape index (κ1) is 14.5. The smallest absolute Gasteiger partial charge is 0.262 e. The summed E-state index contributed by atoms with van der Waals surface area (Å²) in [6.07, 6.45) is 0. The van der Waals surface area contributed by atoms with E-state index in [0.717, 1.165) is 6.07 Å². The zero-order valence-corrected chi connectivity index (χ0v) is 12.1. The van der Waals surface area contributed by atoms with Gasteiger partial charge >= 0.3 is 0 Å². The molecular formula is C13H12ClNO4S. The summed E-state index contributed by atoms with van der Waals surface area (Å²) in [5, 5.41) is 9.72. The summed E-state index contributed by atoms with van der Waals surface area (Å²) < 4.78 is 31.9. The molecule has 20 heavy (non-hydrogen) atoms. The fourth-order valence-corrected chi connectivity index (χ4v) is 2.89. The van der Waals surface area contributed by atoms with Crippen molar-refractivity contribution in [3.8, 4) is 11.5 Å². The zero-order chi connectivity index (χ0) is 14.8. The second kappa shape index (κ2) is 5.60. The van der Waals surface area contributed by atoms with Gasteiger partial charge in [0.1, 0.15) is 11.5 Å². The van der Waals surface area contributed by atoms with Crippen LogP contribution in [0.25, 0.3) is 0 Å². The van der Waals surface area contributed by atoms with E-state index in [0.29, 0.717) is 10.8 Å². The van der Waals surface area contributed by atoms with Gasteiger partial charge in [0, 0.05) is 11.1 Å². The maximum absolute atomic E-state index is 12.2. The minimum atomic E-state index is -3.83. The summed E-state index contributed by atoms with van der Waals surface area (Å²) in [6, 6.07) is 9.95. The number of hydrogen-bond donors (Lipinski definition) is 2. The minimum Gasteiger partial charge on any atom is -0.508 e. The third-order valence-electron chi connectivity index (χ3n) is 2.53. The Morgan fingerprint density at radius 3 is 2.60 bits per heavy atom. The van der Waals surface area contributed by atoms with E-state index in [1.54, 1.807) is 12.1 Å². The maximum atomic E-state index is 12.2. The van der Waals surface area contributed by atoms with E-state index in [4.69, 9.17) is 16.3 Å². The zero-order valence-electron chi connectivity index (χ0n) is 10.5. The van der Waals surface area contributed by atoms with Gasteiger partial charge in [0.25, 0.3) is 10.0 Å². The van der Waals surface area contributed by atoms with E-state index in [9.17, 15) is 13.5 Å². The Bertz CT molecular complexity index is 731. The Hall–Kier alpha value is -1.92. The van der Waals surface area contributed by atoms with Crippen molar-refractivity contribution in [2.75, 3.05) is 11.8 Å². The van der Waals surface area contributed by atoms with Crippen molar-refractivity contribution >= 4 is 27.3 Å². The lowest BCUT2D eigenvalue weighted by molar-refractivity contribution is 0.417. The van der Waals surface area contributed by atoms with E-state index in [2.05, 4.69) is 4.72 Å². The molecule has 0 aliphatic carbocycles. The van der Waals surface area contributed by atoms with Crippen molar-refractivity contribution < 1.29 is 18.3 Å². The lowest BCUT2D eigenvalue weighted by Crippen LogP contribution is -2.13. The van der Waals surface area contributed by atoms with Crippen LogP contribution in [-0.2, 0) is 10.0 Å². The number of ether oxygens (including phenoxy) is 1. The molecule has 0 bridgehead atoms. The van der Waals surface area contributed by atoms with E-state index in [1.165, 1.54) is 31.4 Å². The van der Waals surface area contributed by atoms with Crippen molar-refractivity contribution in [3.05, 3.63) is 47.5 Å². The number of phenols is 1. The number of methoxy groups -OCH3 is 1. The lowest BCUT2D eigenvalue weighted by atomic mass is 10.3. The molecule has 0 spiro atoms. The number of hydrogen-bond acceptors (Lipinski definition) is 4. The Morgan fingerprint density at radius 2 is 1.95 bits per heavy atom. The molecule has 2 aromatic rings. The van der Waals surface area contributed by atoms with E-state index >= 15 is 0 Å². The number of anilines is 1. The number of rotatable bonds is 4. The Morgan fingerprint density at radius 1 is 1.20 bits per heavy atom. The highest BCUT2D eigenvalue weighted by atomic mass is 35.5. The highest BCUT2D eigenvalue weighted by Gasteiger charge is 2.17. The normalized spacial score (nSPS) is 11.1. The first-order valence-corrected chi connectivity index (χ1v) is 7.44. The summed E-state index contributed by atoms with van der Waals surface area (Å²) >= 11 is 5.84. The van der Waals surface area contributed by atoms with Crippen LogP contribution in [0.2, 0.25) is 5.02 Å². The lowest BCUT2D eigenvalue weighted by Gasteiger charge is -2.12. The second-order valence-corrected chi connectivity index (χ2v) is 6.07. The number of nitrogens with one attached hydrogen (secondary N) is 1. The first-order valence-electron chi connectivity index (χ1n) is 5.58. The molecule has 0 aliphatic rings. The van der Waals surface area contributed by atoms with E-state index in [1.807, 2.05) is 0 Å². The SMILES string of the molecule is COc1ccc(Cl)cc1NS(=O)(=O)c1cccc(O)c1. The Kier molecular flexibility index (Phi) is 4.06. The Balaban J connectivity index is 2.40. The molecule has 106 valence electrons. The van der Waals surface area contributed by atoms with Gasteiger partial charge in [-0.05, 0) is 30.3 Å². The maximum Gasteiger partial charge on any atom is 0.262 e. The van der Waals surface area contributed by atoms with Crippen LogP contribution in [0.15, 0.2) is 47.4 Å². The number of benzene rings is 2. The molecule has 0 heterocycles. The standard InChI is InChI=1S/C13H12ClNO4S/c1-19-13-6-5-9(14)7-12(13)15-20(17,18)11-4-2-3-10(16)8-11/h2-8,15-16H,1H3. The molecule has 0 fully saturated rings. The van der Waals surface area contributed by atoms with E-state index < -0.39 is 10.0 Å². The van der Waals surface area contributed by atoms with Crippen LogP contribution in [0.5, 0.6) is 11.5 Å². The predicted molar refractivity (Wildman–Crippen MR) is 76.9 cm³/mol. The quantitative estimate of drug-likeness (QED) is 0.910. The van der Waals surface area contributed by atoms with Crippen LogP contribution >= 0.6 is 11.6 Å². The fourth-order valence-electron chi connectivity index (χ4n) is 1.61. The van der Waals surface area contributed by atoms with Gasteiger partial charge in [0.2, 0.25) is 0 Å². The number of aromatic hydroxyl groups is 1. The second-order valence-electron chi connectivity index (χ2n) is 3.95. The molecule has 2 aromatic carbocycles. The molecule has 0 saturated heterocycles. The largest absolute Gasteiger partial charge is 0.508 e. The number of sulfonamides is 1. The van der Waals surface area contributed by atoms with E-state index in [-0.39, 0.29) is 16.3 Å². The fraction of sp³-hybridized carbons (Fsp3) is 0.0769. The molecule has 0 aliphatic heterocycles. The van der Waals surface area contributed by atoms with Gasteiger partial charge in [-0.15, -0.1) is 0 Å². The number of halogens is 1. The highest BCUT2D eigenvalue weighted by Crippen LogP contribution is 2.30. The molecule has 0 unspecified atom stereocenters. The minimum absolute atomic E-state index is 0.0560. The molecule has 7 heteroatoms. The summed E-state index contributed by atoms with van der Waals surface area (Å²) in [4.78, 5) is -0.0560. The predicted octanol–water partition coefficient (Wildman–Crippen LogP) is 2.86. The summed E-state index contributed by atoms with van der Waals surface area (Å²) in [5.74, 6) is 0.212. The summed E-state index contributed by atoms with van der Waals surface area (Å²) in [5.41, 5.74) is 0.225. The molecular weight excluding hydrogens is 302 g/mol. The molecule has 0 saturated carbocycles. The van der Waals surface area contributed by atoms with Crippen molar-refractivity contribution in [2.24, 2.45) is 0 Å². The van der Waals surface area contributed by atoms with Crippen molar-refractivity contribution in [2.45, 2.75) is 4.90 Å². The van der Waals surface area contributed by atoms with Crippen LogP contribution in [0.3, 0.4) is 0 Å². The Labute approximate surface area is 121 Å². The van der Waals surface area contributed by atoms with Gasteiger partial charge in [-0.1, -0.05) is 17.7 Å². The third-order valence-corrected chi connectivity index (χ3v) is 4.13. The van der Waals surface area contributed by atoms with Gasteiger partial charge in [0.15, 0.2) is 0 Å². The highest BCUT2D eigenvalue weighted by molar-refractivity contribution is 7.92. The van der Waals surface area contributed by atoms with Crippen molar-refractivity contribution in [1.82, 2.24) is 0 Å². The molecule has 0 radical (unpaired) electrons. The molecule has 0 atom stereocenters. The van der Waals surface area contributed by atoms with Crippen LogP contribution in [-0.4, -0.2) is 20.6 Å². The van der Waals surface area contributed by atoms with Crippen molar-refractivity contribution in [1.29, 1.82) is 0 Å². The molecule has 0 amide bonds. The van der Waals surface area contributed by atoms with Crippen LogP contribution in [0.4, 0.5) is 5.69 Å². The molecule has 5 nitrogen and oxygen atoms in total. The first-order chi connectivity index (χ1) is 9.42. The average molecular weight is 314 g/mol. The molecule has 2 N–H and O–H groups in total. The summed E-state index contributed by atoms with van der Waals surface area (Å²) in [7, 11) is -2.41.